The third-order valence-corrected chi connectivity index (χ3v) is 9.55. The molecular formula is C33H47NO7. The topological polar surface area (TPSA) is 136 Å². The molecule has 1 aromatic rings. The Labute approximate surface area is 243 Å². The molecule has 1 heterocycles. The van der Waals surface area contributed by atoms with Gasteiger partial charge in [-0.25, -0.2) is 0 Å². The van der Waals surface area contributed by atoms with Crippen LogP contribution in [0, 0.1) is 35.5 Å². The van der Waals surface area contributed by atoms with E-state index in [1.807, 2.05) is 0 Å². The number of hydrogen-bond donors (Lipinski definition) is 5. The number of rotatable bonds is 12. The number of aliphatic hydroxyl groups is 3. The molecule has 0 amide bonds. The number of hydrogen-bond acceptors (Lipinski definition) is 8. The van der Waals surface area contributed by atoms with Crippen molar-refractivity contribution in [1.29, 1.82) is 0 Å². The molecule has 1 aromatic carbocycles. The van der Waals surface area contributed by atoms with E-state index in [1.165, 1.54) is 7.11 Å². The first-order valence-electron chi connectivity index (χ1n) is 15.4. The van der Waals surface area contributed by atoms with E-state index in [9.17, 15) is 30.0 Å². The van der Waals surface area contributed by atoms with Crippen LogP contribution in [0.3, 0.4) is 0 Å². The summed E-state index contributed by atoms with van der Waals surface area (Å²) in [6.07, 6.45) is 6.98. The number of aromatic hydroxyl groups is 1. The van der Waals surface area contributed by atoms with Gasteiger partial charge in [0.2, 0.25) is 0 Å². The summed E-state index contributed by atoms with van der Waals surface area (Å²) in [7, 11) is 1.49. The lowest BCUT2D eigenvalue weighted by atomic mass is 9.71. The van der Waals surface area contributed by atoms with Crippen molar-refractivity contribution >= 4 is 11.6 Å². The van der Waals surface area contributed by atoms with Gasteiger partial charge in [0, 0.05) is 44.4 Å². The third-order valence-electron chi connectivity index (χ3n) is 9.55. The Morgan fingerprint density at radius 2 is 1.88 bits per heavy atom. The monoisotopic (exact) mass is 569 g/mol. The van der Waals surface area contributed by atoms with Crippen LogP contribution < -0.4 is 10.1 Å². The van der Waals surface area contributed by atoms with E-state index in [4.69, 9.17) is 4.74 Å². The van der Waals surface area contributed by atoms with E-state index in [0.717, 1.165) is 43.4 Å². The van der Waals surface area contributed by atoms with Gasteiger partial charge in [-0.1, -0.05) is 18.3 Å². The Bertz CT molecular complexity index is 1110. The van der Waals surface area contributed by atoms with E-state index >= 15 is 0 Å². The number of ether oxygens (including phenoxy) is 1. The molecule has 1 aliphatic heterocycles. The highest BCUT2D eigenvalue weighted by atomic mass is 16.5. The van der Waals surface area contributed by atoms with Crippen LogP contribution in [0.5, 0.6) is 11.5 Å². The van der Waals surface area contributed by atoms with Crippen LogP contribution in [0.2, 0.25) is 0 Å². The van der Waals surface area contributed by atoms with Crippen molar-refractivity contribution in [2.45, 2.75) is 95.1 Å². The van der Waals surface area contributed by atoms with Crippen LogP contribution in [0.1, 0.15) is 87.7 Å². The minimum Gasteiger partial charge on any atom is -0.504 e. The number of phenolic OH excluding ortho intramolecular Hbond substituents is 1. The molecule has 0 radical (unpaired) electrons. The van der Waals surface area contributed by atoms with Gasteiger partial charge in [0.15, 0.2) is 17.3 Å². The average Bonchev–Trinajstić information content (AvgIpc) is 3.03. The normalized spacial score (nSPS) is 27.8. The van der Waals surface area contributed by atoms with Crippen molar-refractivity contribution in [3.05, 3.63) is 23.3 Å². The van der Waals surface area contributed by atoms with Crippen LogP contribution in [-0.4, -0.2) is 71.0 Å². The van der Waals surface area contributed by atoms with Crippen molar-refractivity contribution in [1.82, 2.24) is 5.32 Å². The first-order chi connectivity index (χ1) is 19.8. The lowest BCUT2D eigenvalue weighted by Gasteiger charge is -2.42. The average molecular weight is 570 g/mol. The summed E-state index contributed by atoms with van der Waals surface area (Å²) in [6.45, 7) is 0.995. The lowest BCUT2D eigenvalue weighted by molar-refractivity contribution is -0.124. The lowest BCUT2D eigenvalue weighted by Crippen LogP contribution is -2.50. The second-order valence-electron chi connectivity index (χ2n) is 12.2. The first kappa shape index (κ1) is 31.5. The van der Waals surface area contributed by atoms with Gasteiger partial charge < -0.3 is 30.5 Å². The van der Waals surface area contributed by atoms with Crippen LogP contribution in [0.4, 0.5) is 0 Å². The molecule has 8 nitrogen and oxygen atoms in total. The number of fused-ring (bicyclic) bond motifs is 2. The first-order valence-corrected chi connectivity index (χ1v) is 15.4. The number of piperidine rings is 1. The number of aryl methyl sites for hydroxylation is 1. The van der Waals surface area contributed by atoms with E-state index < -0.39 is 12.0 Å². The number of methoxy groups -OCH3 is 1. The number of aliphatic hydroxyl groups excluding tert-OH is 3. The van der Waals surface area contributed by atoms with Crippen LogP contribution in [0.15, 0.2) is 12.1 Å². The van der Waals surface area contributed by atoms with Gasteiger partial charge in [0.05, 0.1) is 13.2 Å². The number of Topliss-reactive ketones (excluding diaryl/α,β-unsaturated/α-hetero) is 2. The van der Waals surface area contributed by atoms with E-state index in [1.54, 1.807) is 12.1 Å². The Kier molecular flexibility index (Phi) is 11.6. The zero-order valence-electron chi connectivity index (χ0n) is 24.3. The maximum absolute atomic E-state index is 13.3. The van der Waals surface area contributed by atoms with Crippen molar-refractivity contribution in [3.63, 3.8) is 0 Å². The number of phenols is 1. The fourth-order valence-electron chi connectivity index (χ4n) is 7.18. The van der Waals surface area contributed by atoms with Gasteiger partial charge in [-0.05, 0) is 98.9 Å². The standard InChI is InChI=1S/C33H47NO7/c1-41-33-17-23-9-12-31(39)27(11-8-22(5-3-14-35)28(23)19-32(33)40)30(38)6-2-4-21(13-15-36)25-16-24-7-10-26(37)18-29(24)34-20-25/h17,19,21-22,24-25,27,29-30,34-36,38,40H,2-7,9-10,12-16,18,20H2,1H3/t21-,22-,24+,25-,27-,29-,30-/m1/s1. The quantitative estimate of drug-likeness (QED) is 0.242. The number of carbonyl (C=O) groups excluding carboxylic acids is 2. The van der Waals surface area contributed by atoms with Crippen molar-refractivity contribution < 1.29 is 34.8 Å². The molecule has 2 fully saturated rings. The van der Waals surface area contributed by atoms with Crippen LogP contribution in [0.25, 0.3) is 0 Å². The van der Waals surface area contributed by atoms with E-state index in [0.29, 0.717) is 74.2 Å². The summed E-state index contributed by atoms with van der Waals surface area (Å²) < 4.78 is 5.29. The highest BCUT2D eigenvalue weighted by Crippen LogP contribution is 2.38. The van der Waals surface area contributed by atoms with Crippen molar-refractivity contribution in [3.8, 4) is 23.3 Å². The fourth-order valence-corrected chi connectivity index (χ4v) is 7.18. The second-order valence-corrected chi connectivity index (χ2v) is 12.2. The molecule has 1 saturated heterocycles. The summed E-state index contributed by atoms with van der Waals surface area (Å²) in [4.78, 5) is 25.1. The molecule has 8 heteroatoms. The highest BCUT2D eigenvalue weighted by molar-refractivity contribution is 5.85. The SMILES string of the molecule is COc1cc2c(cc1O)[C@H](CCCO)C#C[C@H]([C@H](O)CCC[C@H](CCO)[C@H]1CN[C@@H]3CC(=O)CC[C@H]3C1)C(=O)CC2. The van der Waals surface area contributed by atoms with Gasteiger partial charge in [-0.15, -0.1) is 0 Å². The van der Waals surface area contributed by atoms with Gasteiger partial charge in [0.1, 0.15) is 11.7 Å². The maximum Gasteiger partial charge on any atom is 0.160 e. The number of nitrogens with one attached hydrogen (secondary N) is 1. The molecule has 0 aromatic heterocycles. The van der Waals surface area contributed by atoms with Gasteiger partial charge in [0.25, 0.3) is 0 Å². The Balaban J connectivity index is 1.40. The zero-order valence-corrected chi connectivity index (χ0v) is 24.3. The highest BCUT2D eigenvalue weighted by Gasteiger charge is 2.37. The predicted molar refractivity (Wildman–Crippen MR) is 156 cm³/mol. The Morgan fingerprint density at radius 3 is 2.63 bits per heavy atom. The molecule has 0 unspecified atom stereocenters. The summed E-state index contributed by atoms with van der Waals surface area (Å²) in [5.74, 6) is 7.13. The maximum atomic E-state index is 13.3. The molecular weight excluding hydrogens is 522 g/mol. The minimum atomic E-state index is -0.884. The smallest absolute Gasteiger partial charge is 0.160 e. The number of benzene rings is 1. The second kappa shape index (κ2) is 15.2. The van der Waals surface area contributed by atoms with Crippen LogP contribution >= 0.6 is 0 Å². The summed E-state index contributed by atoms with van der Waals surface area (Å²) in [5.41, 5.74) is 1.72. The number of ketones is 2. The van der Waals surface area contributed by atoms with Gasteiger partial charge >= 0.3 is 0 Å². The zero-order chi connectivity index (χ0) is 29.4. The van der Waals surface area contributed by atoms with Gasteiger partial charge in [-0.3, -0.25) is 9.59 Å². The third kappa shape index (κ3) is 8.10. The van der Waals surface area contributed by atoms with Crippen molar-refractivity contribution in [2.75, 3.05) is 26.9 Å². The Morgan fingerprint density at radius 1 is 1.05 bits per heavy atom. The van der Waals surface area contributed by atoms with Crippen molar-refractivity contribution in [2.24, 2.45) is 23.7 Å². The minimum absolute atomic E-state index is 0.0160. The summed E-state index contributed by atoms with van der Waals surface area (Å²) >= 11 is 0. The molecule has 226 valence electrons. The molecule has 3 aliphatic rings. The molecule has 5 N–H and O–H groups in total. The molecule has 0 spiro atoms. The van der Waals surface area contributed by atoms with Gasteiger partial charge in [-0.2, -0.15) is 0 Å². The molecule has 1 saturated carbocycles. The van der Waals surface area contributed by atoms with E-state index in [-0.39, 0.29) is 43.1 Å². The van der Waals surface area contributed by atoms with Crippen LogP contribution in [-0.2, 0) is 16.0 Å². The molecule has 41 heavy (non-hydrogen) atoms. The largest absolute Gasteiger partial charge is 0.504 e. The Hall–Kier alpha value is -2.44. The molecule has 2 aliphatic carbocycles. The fraction of sp³-hybridized carbons (Fsp3) is 0.697. The predicted octanol–water partition coefficient (Wildman–Crippen LogP) is 3.27. The van der Waals surface area contributed by atoms with E-state index in [2.05, 4.69) is 17.2 Å². The number of carbonyl (C=O) groups is 2. The molecule has 0 bridgehead atoms. The summed E-state index contributed by atoms with van der Waals surface area (Å²) in [6, 6.07) is 3.70. The summed E-state index contributed by atoms with van der Waals surface area (Å²) in [5, 5.41) is 44.4. The molecule has 4 rings (SSSR count). The molecule has 7 atom stereocenters.